The van der Waals surface area contributed by atoms with Gasteiger partial charge in [0.1, 0.15) is 5.60 Å². The first-order chi connectivity index (χ1) is 9.57. The normalized spacial score (nSPS) is 23.1. The summed E-state index contributed by atoms with van der Waals surface area (Å²) >= 11 is 0. The molecule has 6 nitrogen and oxygen atoms in total. The molecular weight excluding hydrogens is 260 g/mol. The Labute approximate surface area is 118 Å². The number of aliphatic carboxylic acids is 1. The summed E-state index contributed by atoms with van der Waals surface area (Å²) in [6.45, 7) is 4.03. The van der Waals surface area contributed by atoms with Crippen LogP contribution >= 0.6 is 0 Å². The average molecular weight is 282 g/mol. The van der Waals surface area contributed by atoms with Gasteiger partial charge in [-0.25, -0.2) is 0 Å². The quantitative estimate of drug-likeness (QED) is 0.863. The van der Waals surface area contributed by atoms with Crippen molar-refractivity contribution in [1.29, 1.82) is 0 Å². The van der Waals surface area contributed by atoms with E-state index in [2.05, 4.69) is 10.1 Å². The molecule has 1 heterocycles. The van der Waals surface area contributed by atoms with Gasteiger partial charge in [0.05, 0.1) is 11.8 Å². The zero-order chi connectivity index (χ0) is 14.8. The van der Waals surface area contributed by atoms with E-state index in [1.54, 1.807) is 7.11 Å². The smallest absolute Gasteiger partial charge is 0.307 e. The van der Waals surface area contributed by atoms with E-state index in [0.717, 1.165) is 25.7 Å². The highest BCUT2D eigenvalue weighted by atomic mass is 16.5. The fourth-order valence-corrected chi connectivity index (χ4v) is 3.07. The number of methoxy groups -OCH3 is 1. The van der Waals surface area contributed by atoms with Gasteiger partial charge in [0.2, 0.25) is 11.7 Å². The van der Waals surface area contributed by atoms with E-state index in [4.69, 9.17) is 9.26 Å². The first kappa shape index (κ1) is 15.0. The van der Waals surface area contributed by atoms with E-state index in [1.807, 2.05) is 13.8 Å². The topological polar surface area (TPSA) is 85.5 Å². The van der Waals surface area contributed by atoms with Crippen LogP contribution in [0.3, 0.4) is 0 Å². The number of hydrogen-bond donors (Lipinski definition) is 1. The number of nitrogens with zero attached hydrogens (tertiary/aromatic N) is 2. The molecule has 0 spiro atoms. The predicted octanol–water partition coefficient (Wildman–Crippen LogP) is 2.70. The molecule has 20 heavy (non-hydrogen) atoms. The fourth-order valence-electron chi connectivity index (χ4n) is 3.07. The first-order valence-corrected chi connectivity index (χ1v) is 7.20. The van der Waals surface area contributed by atoms with E-state index in [1.165, 1.54) is 0 Å². The molecule has 1 saturated carbocycles. The molecule has 0 aromatic carbocycles. The summed E-state index contributed by atoms with van der Waals surface area (Å²) in [5.41, 5.74) is -0.543. The fraction of sp³-hybridized carbons (Fsp3) is 0.786. The Morgan fingerprint density at radius 2 is 2.15 bits per heavy atom. The Balaban J connectivity index is 2.26. The summed E-state index contributed by atoms with van der Waals surface area (Å²) in [4.78, 5) is 15.7. The summed E-state index contributed by atoms with van der Waals surface area (Å²) in [5.74, 6) is -0.402. The molecule has 1 aromatic heterocycles. The Kier molecular flexibility index (Phi) is 4.42. The zero-order valence-corrected chi connectivity index (χ0v) is 12.3. The largest absolute Gasteiger partial charge is 0.481 e. The van der Waals surface area contributed by atoms with Crippen molar-refractivity contribution in [3.8, 4) is 0 Å². The van der Waals surface area contributed by atoms with Crippen LogP contribution in [0.4, 0.5) is 0 Å². The van der Waals surface area contributed by atoms with E-state index in [-0.39, 0.29) is 5.92 Å². The highest BCUT2D eigenvalue weighted by Gasteiger charge is 2.40. The van der Waals surface area contributed by atoms with E-state index < -0.39 is 17.5 Å². The molecule has 0 saturated heterocycles. The van der Waals surface area contributed by atoms with Gasteiger partial charge in [0.25, 0.3) is 0 Å². The standard InChI is InChI=1S/C14H22N2O4/c1-4-14(5-2,19-3)13-15-11(20-16-13)9-7-6-8-10(9)12(17)18/h9-10H,4-8H2,1-3H3,(H,17,18). The molecular formula is C14H22N2O4. The van der Waals surface area contributed by atoms with Crippen LogP contribution in [-0.4, -0.2) is 28.3 Å². The summed E-state index contributed by atoms with van der Waals surface area (Å²) < 4.78 is 10.9. The lowest BCUT2D eigenvalue weighted by Crippen LogP contribution is -2.28. The molecule has 0 amide bonds. The Morgan fingerprint density at radius 3 is 2.70 bits per heavy atom. The highest BCUT2D eigenvalue weighted by molar-refractivity contribution is 5.71. The number of rotatable bonds is 6. The lowest BCUT2D eigenvalue weighted by molar-refractivity contribution is -0.142. The van der Waals surface area contributed by atoms with Crippen LogP contribution in [0.25, 0.3) is 0 Å². The van der Waals surface area contributed by atoms with Gasteiger partial charge in [-0.05, 0) is 25.7 Å². The second-order valence-corrected chi connectivity index (χ2v) is 5.34. The summed E-state index contributed by atoms with van der Waals surface area (Å²) in [6, 6.07) is 0. The number of aromatic nitrogens is 2. The molecule has 6 heteroatoms. The van der Waals surface area contributed by atoms with Crippen LogP contribution in [-0.2, 0) is 15.1 Å². The van der Waals surface area contributed by atoms with Crippen molar-refractivity contribution in [2.75, 3.05) is 7.11 Å². The Morgan fingerprint density at radius 1 is 1.45 bits per heavy atom. The molecule has 1 fully saturated rings. The van der Waals surface area contributed by atoms with Crippen molar-refractivity contribution in [2.24, 2.45) is 5.92 Å². The number of carbonyl (C=O) groups is 1. The van der Waals surface area contributed by atoms with Gasteiger partial charge < -0.3 is 14.4 Å². The van der Waals surface area contributed by atoms with E-state index >= 15 is 0 Å². The minimum Gasteiger partial charge on any atom is -0.481 e. The third kappa shape index (κ3) is 2.44. The lowest BCUT2D eigenvalue weighted by Gasteiger charge is -2.26. The Hall–Kier alpha value is -1.43. The SMILES string of the molecule is CCC(CC)(OC)c1noc(C2CCCC2C(=O)O)n1. The Bertz CT molecular complexity index is 459. The second kappa shape index (κ2) is 5.91. The third-order valence-electron chi connectivity index (χ3n) is 4.53. The zero-order valence-electron chi connectivity index (χ0n) is 12.3. The molecule has 0 aliphatic heterocycles. The average Bonchev–Trinajstić information content (AvgIpc) is 3.10. The molecule has 1 aromatic rings. The molecule has 2 rings (SSSR count). The lowest BCUT2D eigenvalue weighted by atomic mass is 9.95. The molecule has 0 radical (unpaired) electrons. The predicted molar refractivity (Wildman–Crippen MR) is 71.3 cm³/mol. The molecule has 1 aliphatic carbocycles. The van der Waals surface area contributed by atoms with Gasteiger partial charge in [-0.1, -0.05) is 25.4 Å². The molecule has 0 bridgehead atoms. The molecule has 1 N–H and O–H groups in total. The van der Waals surface area contributed by atoms with Gasteiger partial charge in [-0.2, -0.15) is 4.98 Å². The minimum absolute atomic E-state index is 0.169. The highest BCUT2D eigenvalue weighted by Crippen LogP contribution is 2.40. The number of carboxylic acids is 1. The van der Waals surface area contributed by atoms with Crippen LogP contribution in [0.1, 0.15) is 63.6 Å². The summed E-state index contributed by atoms with van der Waals surface area (Å²) in [6.07, 6.45) is 3.83. The third-order valence-corrected chi connectivity index (χ3v) is 4.53. The monoisotopic (exact) mass is 282 g/mol. The maximum Gasteiger partial charge on any atom is 0.307 e. The van der Waals surface area contributed by atoms with Crippen LogP contribution in [0.2, 0.25) is 0 Å². The van der Waals surface area contributed by atoms with Crippen LogP contribution in [0, 0.1) is 5.92 Å². The minimum atomic E-state index is -0.781. The van der Waals surface area contributed by atoms with E-state index in [0.29, 0.717) is 18.1 Å². The number of hydrogen-bond acceptors (Lipinski definition) is 5. The van der Waals surface area contributed by atoms with Crippen LogP contribution in [0.15, 0.2) is 4.52 Å². The number of carboxylic acid groups (broad SMARTS) is 1. The second-order valence-electron chi connectivity index (χ2n) is 5.34. The maximum atomic E-state index is 11.2. The number of ether oxygens (including phenoxy) is 1. The maximum absolute atomic E-state index is 11.2. The van der Waals surface area contributed by atoms with Crippen LogP contribution < -0.4 is 0 Å². The van der Waals surface area contributed by atoms with Crippen molar-refractivity contribution < 1.29 is 19.2 Å². The van der Waals surface area contributed by atoms with Gasteiger partial charge in [-0.3, -0.25) is 4.79 Å². The summed E-state index contributed by atoms with van der Waals surface area (Å²) in [5, 5.41) is 13.3. The van der Waals surface area contributed by atoms with Crippen molar-refractivity contribution >= 4 is 5.97 Å². The van der Waals surface area contributed by atoms with Crippen molar-refractivity contribution in [3.63, 3.8) is 0 Å². The summed E-state index contributed by atoms with van der Waals surface area (Å²) in [7, 11) is 1.64. The van der Waals surface area contributed by atoms with Crippen molar-refractivity contribution in [1.82, 2.24) is 10.1 Å². The molecule has 1 aliphatic rings. The van der Waals surface area contributed by atoms with Gasteiger partial charge >= 0.3 is 5.97 Å². The van der Waals surface area contributed by atoms with Crippen molar-refractivity contribution in [3.05, 3.63) is 11.7 Å². The molecule has 2 unspecified atom stereocenters. The van der Waals surface area contributed by atoms with Gasteiger partial charge in [-0.15, -0.1) is 0 Å². The molecule has 2 atom stereocenters. The first-order valence-electron chi connectivity index (χ1n) is 7.20. The molecule has 112 valence electrons. The van der Waals surface area contributed by atoms with Gasteiger partial charge in [0.15, 0.2) is 0 Å². The van der Waals surface area contributed by atoms with E-state index in [9.17, 15) is 9.90 Å². The van der Waals surface area contributed by atoms with Crippen molar-refractivity contribution in [2.45, 2.75) is 57.5 Å². The van der Waals surface area contributed by atoms with Gasteiger partial charge in [0, 0.05) is 7.11 Å². The van der Waals surface area contributed by atoms with Crippen LogP contribution in [0.5, 0.6) is 0 Å².